The van der Waals surface area contributed by atoms with Crippen molar-refractivity contribution in [2.24, 2.45) is 0 Å². The van der Waals surface area contributed by atoms with E-state index in [-0.39, 0.29) is 11.5 Å². The standard InChI is InChI=1S/C23H24ClNO6S/c1-29-19-6-13(7-20(30-2)23(19)31-3)22(28)21(32-12-16(27)11-26)8-14-10-25-18-5-4-15(24)9-17(14)18/h4-10,16,25-27H,11-12H2,1-3H3/b21-8+. The molecule has 0 bridgehead atoms. The summed E-state index contributed by atoms with van der Waals surface area (Å²) in [7, 11) is 4.44. The fourth-order valence-corrected chi connectivity index (χ4v) is 4.25. The molecular formula is C23H24ClNO6S. The predicted octanol–water partition coefficient (Wildman–Crippen LogP) is 4.16. The Labute approximate surface area is 194 Å². The van der Waals surface area contributed by atoms with Crippen molar-refractivity contribution in [1.29, 1.82) is 0 Å². The number of halogens is 1. The Kier molecular flexibility index (Phi) is 8.09. The highest BCUT2D eigenvalue weighted by atomic mass is 35.5. The lowest BCUT2D eigenvalue weighted by Crippen LogP contribution is -2.16. The molecule has 0 aliphatic rings. The van der Waals surface area contributed by atoms with E-state index in [1.165, 1.54) is 21.3 Å². The van der Waals surface area contributed by atoms with Gasteiger partial charge in [0, 0.05) is 39.0 Å². The van der Waals surface area contributed by atoms with Gasteiger partial charge in [-0.05, 0) is 36.4 Å². The van der Waals surface area contributed by atoms with Crippen LogP contribution in [-0.4, -0.2) is 60.8 Å². The maximum Gasteiger partial charge on any atom is 0.203 e. The van der Waals surface area contributed by atoms with E-state index in [0.29, 0.717) is 32.7 Å². The van der Waals surface area contributed by atoms with Gasteiger partial charge in [-0.25, -0.2) is 0 Å². The highest BCUT2D eigenvalue weighted by molar-refractivity contribution is 8.04. The number of H-pyrrole nitrogens is 1. The Morgan fingerprint density at radius 3 is 2.44 bits per heavy atom. The highest BCUT2D eigenvalue weighted by Gasteiger charge is 2.21. The molecule has 7 nitrogen and oxygen atoms in total. The molecule has 3 rings (SSSR count). The zero-order chi connectivity index (χ0) is 23.3. The summed E-state index contributed by atoms with van der Waals surface area (Å²) < 4.78 is 16.1. The fraction of sp³-hybridized carbons (Fsp3) is 0.261. The minimum absolute atomic E-state index is 0.140. The molecule has 9 heteroatoms. The Morgan fingerprint density at radius 2 is 1.84 bits per heavy atom. The second kappa shape index (κ2) is 10.8. The van der Waals surface area contributed by atoms with Crippen molar-refractivity contribution in [3.63, 3.8) is 0 Å². The number of Topliss-reactive ketones (excluding diaryl/α,β-unsaturated/α-hetero) is 1. The number of allylic oxidation sites excluding steroid dienone is 1. The van der Waals surface area contributed by atoms with Gasteiger partial charge in [-0.2, -0.15) is 0 Å². The molecule has 1 unspecified atom stereocenters. The number of methoxy groups -OCH3 is 3. The number of rotatable bonds is 10. The summed E-state index contributed by atoms with van der Waals surface area (Å²) in [6, 6.07) is 8.61. The molecule has 1 atom stereocenters. The number of aliphatic hydroxyl groups excluding tert-OH is 2. The molecule has 0 amide bonds. The SMILES string of the molecule is COc1cc(C(=O)/C(=C\c2c[nH]c3ccc(Cl)cc23)SCC(O)CO)cc(OC)c1OC. The molecule has 0 aliphatic heterocycles. The number of ketones is 1. The van der Waals surface area contributed by atoms with Gasteiger partial charge >= 0.3 is 0 Å². The third kappa shape index (κ3) is 5.21. The van der Waals surface area contributed by atoms with Gasteiger partial charge in [0.1, 0.15) is 0 Å². The molecule has 32 heavy (non-hydrogen) atoms. The van der Waals surface area contributed by atoms with E-state index in [1.54, 1.807) is 30.5 Å². The number of ether oxygens (including phenoxy) is 3. The fourth-order valence-electron chi connectivity index (χ4n) is 3.14. The van der Waals surface area contributed by atoms with Gasteiger partial charge in [0.25, 0.3) is 0 Å². The molecule has 1 heterocycles. The number of hydrogen-bond donors (Lipinski definition) is 3. The first kappa shape index (κ1) is 24.0. The normalized spacial score (nSPS) is 12.6. The number of aromatic nitrogens is 1. The smallest absolute Gasteiger partial charge is 0.203 e. The summed E-state index contributed by atoms with van der Waals surface area (Å²) in [6.45, 7) is -0.401. The summed E-state index contributed by atoms with van der Waals surface area (Å²) in [5.41, 5.74) is 1.97. The molecule has 0 aliphatic carbocycles. The van der Waals surface area contributed by atoms with Gasteiger partial charge in [0.2, 0.25) is 5.75 Å². The molecular weight excluding hydrogens is 454 g/mol. The van der Waals surface area contributed by atoms with Gasteiger partial charge in [0.05, 0.1) is 38.9 Å². The van der Waals surface area contributed by atoms with Gasteiger partial charge in [0.15, 0.2) is 17.3 Å². The van der Waals surface area contributed by atoms with E-state index >= 15 is 0 Å². The number of benzene rings is 2. The Morgan fingerprint density at radius 1 is 1.16 bits per heavy atom. The van der Waals surface area contributed by atoms with Crippen LogP contribution in [0.4, 0.5) is 0 Å². The summed E-state index contributed by atoms with van der Waals surface area (Å²) in [5.74, 6) is 0.937. The molecule has 0 saturated heterocycles. The molecule has 0 radical (unpaired) electrons. The van der Waals surface area contributed by atoms with Crippen molar-refractivity contribution in [2.45, 2.75) is 6.10 Å². The van der Waals surface area contributed by atoms with Gasteiger partial charge in [-0.15, -0.1) is 11.8 Å². The van der Waals surface area contributed by atoms with Gasteiger partial charge < -0.3 is 29.4 Å². The lowest BCUT2D eigenvalue weighted by molar-refractivity contribution is 0.104. The summed E-state index contributed by atoms with van der Waals surface area (Å²) in [6.07, 6.45) is 2.55. The summed E-state index contributed by atoms with van der Waals surface area (Å²) >= 11 is 7.30. The number of aromatic amines is 1. The second-order valence-corrected chi connectivity index (χ2v) is 8.33. The Balaban J connectivity index is 2.08. The van der Waals surface area contributed by atoms with Crippen molar-refractivity contribution in [1.82, 2.24) is 4.98 Å². The third-order valence-corrected chi connectivity index (χ3v) is 6.16. The van der Waals surface area contributed by atoms with Crippen molar-refractivity contribution in [2.75, 3.05) is 33.7 Å². The van der Waals surface area contributed by atoms with E-state index in [9.17, 15) is 15.0 Å². The lowest BCUT2D eigenvalue weighted by atomic mass is 10.1. The molecule has 3 N–H and O–H groups in total. The van der Waals surface area contributed by atoms with Crippen molar-refractivity contribution in [3.8, 4) is 17.2 Å². The van der Waals surface area contributed by atoms with Crippen LogP contribution in [0.3, 0.4) is 0 Å². The lowest BCUT2D eigenvalue weighted by Gasteiger charge is -2.15. The van der Waals surface area contributed by atoms with Crippen LogP contribution in [0.15, 0.2) is 41.4 Å². The molecule has 2 aromatic carbocycles. The Hall–Kier alpha value is -2.65. The number of hydrogen-bond acceptors (Lipinski definition) is 7. The van der Waals surface area contributed by atoms with Crippen LogP contribution in [0, 0.1) is 0 Å². The molecule has 0 saturated carbocycles. The van der Waals surface area contributed by atoms with Crippen LogP contribution < -0.4 is 14.2 Å². The van der Waals surface area contributed by atoms with E-state index in [0.717, 1.165) is 28.2 Å². The summed E-state index contributed by atoms with van der Waals surface area (Å²) in [4.78, 5) is 17.0. The minimum atomic E-state index is -0.964. The molecule has 170 valence electrons. The van der Waals surface area contributed by atoms with Crippen LogP contribution >= 0.6 is 23.4 Å². The monoisotopic (exact) mass is 477 g/mol. The zero-order valence-corrected chi connectivity index (χ0v) is 19.4. The first-order valence-corrected chi connectivity index (χ1v) is 11.0. The molecule has 0 fully saturated rings. The average Bonchev–Trinajstić information content (AvgIpc) is 3.21. The number of nitrogens with one attached hydrogen (secondary N) is 1. The van der Waals surface area contributed by atoms with Crippen LogP contribution in [0.2, 0.25) is 5.02 Å². The average molecular weight is 478 g/mol. The third-order valence-electron chi connectivity index (χ3n) is 4.76. The van der Waals surface area contributed by atoms with Crippen LogP contribution in [-0.2, 0) is 0 Å². The number of carbonyl (C=O) groups excluding carboxylic acids is 1. The van der Waals surface area contributed by atoms with Crippen LogP contribution in [0.5, 0.6) is 17.2 Å². The quantitative estimate of drug-likeness (QED) is 0.298. The second-order valence-electron chi connectivity index (χ2n) is 6.83. The predicted molar refractivity (Wildman–Crippen MR) is 127 cm³/mol. The molecule has 1 aromatic heterocycles. The largest absolute Gasteiger partial charge is 0.493 e. The van der Waals surface area contributed by atoms with E-state index in [4.69, 9.17) is 25.8 Å². The van der Waals surface area contributed by atoms with E-state index in [1.807, 2.05) is 12.1 Å². The van der Waals surface area contributed by atoms with Crippen molar-refractivity contribution in [3.05, 3.63) is 57.6 Å². The zero-order valence-electron chi connectivity index (χ0n) is 17.8. The van der Waals surface area contributed by atoms with Crippen molar-refractivity contribution >= 4 is 46.1 Å². The maximum atomic E-state index is 13.5. The summed E-state index contributed by atoms with van der Waals surface area (Å²) in [5, 5.41) is 20.5. The van der Waals surface area contributed by atoms with E-state index < -0.39 is 12.7 Å². The minimum Gasteiger partial charge on any atom is -0.493 e. The maximum absolute atomic E-state index is 13.5. The topological polar surface area (TPSA) is 101 Å². The number of fused-ring (bicyclic) bond motifs is 1. The van der Waals surface area contributed by atoms with Crippen LogP contribution in [0.1, 0.15) is 15.9 Å². The Bertz CT molecular complexity index is 1120. The first-order valence-electron chi connectivity index (χ1n) is 9.66. The van der Waals surface area contributed by atoms with Crippen LogP contribution in [0.25, 0.3) is 17.0 Å². The number of aliphatic hydroxyl groups is 2. The first-order chi connectivity index (χ1) is 15.4. The highest BCUT2D eigenvalue weighted by Crippen LogP contribution is 2.39. The van der Waals surface area contributed by atoms with E-state index in [2.05, 4.69) is 4.98 Å². The van der Waals surface area contributed by atoms with Crippen molar-refractivity contribution < 1.29 is 29.2 Å². The molecule has 3 aromatic rings. The number of carbonyl (C=O) groups is 1. The number of thioether (sulfide) groups is 1. The van der Waals surface area contributed by atoms with Gasteiger partial charge in [-0.3, -0.25) is 4.79 Å². The van der Waals surface area contributed by atoms with Gasteiger partial charge in [-0.1, -0.05) is 11.6 Å². The molecule has 0 spiro atoms.